The molecule has 2 N–H and O–H groups in total. The molecule has 37 heavy (non-hydrogen) atoms. The van der Waals surface area contributed by atoms with Crippen LogP contribution in [0.5, 0.6) is 11.5 Å². The zero-order valence-corrected chi connectivity index (χ0v) is 22.6. The van der Waals surface area contributed by atoms with Gasteiger partial charge >= 0.3 is 6.09 Å². The molecule has 0 fully saturated rings. The number of carbonyl (C=O) groups is 2. The highest BCUT2D eigenvalue weighted by Crippen LogP contribution is 2.30. The first-order valence-corrected chi connectivity index (χ1v) is 12.4. The molecule has 0 aliphatic rings. The van der Waals surface area contributed by atoms with E-state index in [1.807, 2.05) is 33.8 Å². The lowest BCUT2D eigenvalue weighted by Gasteiger charge is -2.19. The van der Waals surface area contributed by atoms with Crippen LogP contribution >= 0.6 is 0 Å². The fourth-order valence-corrected chi connectivity index (χ4v) is 3.75. The molecule has 0 bridgehead atoms. The summed E-state index contributed by atoms with van der Waals surface area (Å²) >= 11 is 0. The zero-order valence-electron chi connectivity index (χ0n) is 22.6. The molecule has 0 aliphatic carbocycles. The van der Waals surface area contributed by atoms with Gasteiger partial charge in [0.1, 0.15) is 17.1 Å². The van der Waals surface area contributed by atoms with Crippen molar-refractivity contribution in [3.63, 3.8) is 0 Å². The largest absolute Gasteiger partial charge is 0.494 e. The second kappa shape index (κ2) is 11.9. The van der Waals surface area contributed by atoms with Gasteiger partial charge in [-0.25, -0.2) is 14.3 Å². The number of alkyl carbamates (subject to hydrolysis) is 1. The maximum atomic E-state index is 12.8. The van der Waals surface area contributed by atoms with E-state index in [2.05, 4.69) is 25.7 Å². The van der Waals surface area contributed by atoms with Gasteiger partial charge in [0, 0.05) is 23.9 Å². The van der Waals surface area contributed by atoms with E-state index >= 15 is 0 Å². The zero-order chi connectivity index (χ0) is 27.2. The van der Waals surface area contributed by atoms with Gasteiger partial charge in [0.25, 0.3) is 5.78 Å². The lowest BCUT2D eigenvalue weighted by Crippen LogP contribution is -2.32. The van der Waals surface area contributed by atoms with E-state index in [1.54, 1.807) is 37.4 Å². The van der Waals surface area contributed by atoms with E-state index in [9.17, 15) is 9.59 Å². The van der Waals surface area contributed by atoms with Gasteiger partial charge in [-0.1, -0.05) is 0 Å². The van der Waals surface area contributed by atoms with E-state index < -0.39 is 11.7 Å². The van der Waals surface area contributed by atoms with Gasteiger partial charge in [0.2, 0.25) is 5.91 Å². The molecular formula is C26H36N6O5. The molecule has 3 rings (SSSR count). The van der Waals surface area contributed by atoms with Crippen LogP contribution in [-0.2, 0) is 22.5 Å². The van der Waals surface area contributed by atoms with Crippen molar-refractivity contribution >= 4 is 23.5 Å². The van der Waals surface area contributed by atoms with Gasteiger partial charge < -0.3 is 24.8 Å². The Bertz CT molecular complexity index is 1260. The predicted octanol–water partition coefficient (Wildman–Crippen LogP) is 4.13. The minimum atomic E-state index is -0.594. The Morgan fingerprint density at radius 2 is 1.78 bits per heavy atom. The van der Waals surface area contributed by atoms with Crippen LogP contribution in [-0.4, -0.2) is 50.4 Å². The summed E-state index contributed by atoms with van der Waals surface area (Å²) in [5.41, 5.74) is 2.49. The first kappa shape index (κ1) is 27.7. The summed E-state index contributed by atoms with van der Waals surface area (Å²) in [4.78, 5) is 33.7. The molecule has 0 saturated heterocycles. The molecule has 2 amide bonds. The number of aromatic nitrogens is 4. The molecule has 11 nitrogen and oxygen atoms in total. The Balaban J connectivity index is 1.69. The summed E-state index contributed by atoms with van der Waals surface area (Å²) in [6.45, 7) is 14.1. The number of carbonyl (C=O) groups excluding carboxylic acids is 2. The number of nitrogens with one attached hydrogen (secondary N) is 2. The Hall–Kier alpha value is -3.89. The predicted molar refractivity (Wildman–Crippen MR) is 139 cm³/mol. The number of hydrogen-bond donors (Lipinski definition) is 2. The molecule has 2 aromatic heterocycles. The van der Waals surface area contributed by atoms with Crippen molar-refractivity contribution in [3.8, 4) is 11.5 Å². The third kappa shape index (κ3) is 7.55. The Morgan fingerprint density at radius 1 is 1.05 bits per heavy atom. The quantitative estimate of drug-likeness (QED) is 0.415. The SMILES string of the molecule is CCOc1ccc(OCC)c(NC(=O)CCc2c(C)nc3nc(CNC(=O)OC(C)(C)C)nn3c2C)c1. The van der Waals surface area contributed by atoms with E-state index in [4.69, 9.17) is 14.2 Å². The maximum Gasteiger partial charge on any atom is 0.408 e. The van der Waals surface area contributed by atoms with E-state index in [0.29, 0.717) is 48.4 Å². The highest BCUT2D eigenvalue weighted by molar-refractivity contribution is 5.92. The van der Waals surface area contributed by atoms with Crippen LogP contribution in [0.4, 0.5) is 10.5 Å². The van der Waals surface area contributed by atoms with Crippen LogP contribution < -0.4 is 20.1 Å². The van der Waals surface area contributed by atoms with E-state index in [0.717, 1.165) is 17.0 Å². The summed E-state index contributed by atoms with van der Waals surface area (Å²) in [5.74, 6) is 1.93. The van der Waals surface area contributed by atoms with Crippen LogP contribution in [0.15, 0.2) is 18.2 Å². The minimum absolute atomic E-state index is 0.109. The smallest absolute Gasteiger partial charge is 0.408 e. The normalized spacial score (nSPS) is 11.3. The van der Waals surface area contributed by atoms with Crippen molar-refractivity contribution in [3.05, 3.63) is 41.0 Å². The summed E-state index contributed by atoms with van der Waals surface area (Å²) in [5, 5.41) is 10.1. The number of amides is 2. The molecule has 1 aromatic carbocycles. The monoisotopic (exact) mass is 512 g/mol. The van der Waals surface area contributed by atoms with Crippen LogP contribution in [0.1, 0.15) is 63.8 Å². The van der Waals surface area contributed by atoms with Gasteiger partial charge in [-0.15, -0.1) is 5.10 Å². The average Bonchev–Trinajstić information content (AvgIpc) is 3.21. The molecule has 3 aromatic rings. The van der Waals surface area contributed by atoms with Crippen molar-refractivity contribution in [1.82, 2.24) is 24.9 Å². The van der Waals surface area contributed by atoms with Gasteiger partial charge in [-0.2, -0.15) is 4.98 Å². The van der Waals surface area contributed by atoms with Gasteiger partial charge in [0.15, 0.2) is 5.82 Å². The Morgan fingerprint density at radius 3 is 2.46 bits per heavy atom. The number of hydrogen-bond acceptors (Lipinski definition) is 8. The Labute approximate surface area is 216 Å². The molecule has 0 aliphatic heterocycles. The molecule has 2 heterocycles. The summed E-state index contributed by atoms with van der Waals surface area (Å²) in [6, 6.07) is 5.36. The number of anilines is 1. The third-order valence-electron chi connectivity index (χ3n) is 5.32. The van der Waals surface area contributed by atoms with Crippen LogP contribution in [0.3, 0.4) is 0 Å². The number of fused-ring (bicyclic) bond motifs is 1. The second-order valence-electron chi connectivity index (χ2n) is 9.43. The maximum absolute atomic E-state index is 12.8. The minimum Gasteiger partial charge on any atom is -0.494 e. The van der Waals surface area contributed by atoms with Crippen LogP contribution in [0.25, 0.3) is 5.78 Å². The van der Waals surface area contributed by atoms with Crippen molar-refractivity contribution in [2.75, 3.05) is 18.5 Å². The van der Waals surface area contributed by atoms with Crippen molar-refractivity contribution < 1.29 is 23.8 Å². The fraction of sp³-hybridized carbons (Fsp3) is 0.500. The molecule has 11 heteroatoms. The highest BCUT2D eigenvalue weighted by Gasteiger charge is 2.18. The lowest BCUT2D eigenvalue weighted by molar-refractivity contribution is -0.116. The standard InChI is InChI=1S/C26H36N6O5/c1-8-35-18-10-12-21(36-9-2)20(14-18)29-23(33)13-11-19-16(3)28-24-30-22(31-32(24)17(19)4)15-27-25(34)37-26(5,6)7/h10,12,14H,8-9,11,13,15H2,1-7H3,(H,27,34)(H,29,33). The van der Waals surface area contributed by atoms with Crippen LogP contribution in [0, 0.1) is 13.8 Å². The Kier molecular flexibility index (Phi) is 8.90. The highest BCUT2D eigenvalue weighted by atomic mass is 16.6. The van der Waals surface area contributed by atoms with E-state index in [-0.39, 0.29) is 18.9 Å². The number of ether oxygens (including phenoxy) is 3. The van der Waals surface area contributed by atoms with Crippen molar-refractivity contribution in [2.45, 2.75) is 73.5 Å². The molecule has 0 unspecified atom stereocenters. The molecule has 0 radical (unpaired) electrons. The topological polar surface area (TPSA) is 129 Å². The first-order valence-electron chi connectivity index (χ1n) is 12.4. The molecule has 0 atom stereocenters. The van der Waals surface area contributed by atoms with Gasteiger partial charge in [0.05, 0.1) is 25.4 Å². The molecule has 0 spiro atoms. The summed E-state index contributed by atoms with van der Waals surface area (Å²) < 4.78 is 18.1. The fourth-order valence-electron chi connectivity index (χ4n) is 3.75. The molecule has 200 valence electrons. The van der Waals surface area contributed by atoms with Crippen LogP contribution in [0.2, 0.25) is 0 Å². The van der Waals surface area contributed by atoms with Crippen molar-refractivity contribution in [1.29, 1.82) is 0 Å². The first-order chi connectivity index (χ1) is 17.5. The number of rotatable bonds is 10. The summed E-state index contributed by atoms with van der Waals surface area (Å²) in [7, 11) is 0. The second-order valence-corrected chi connectivity index (χ2v) is 9.43. The molecular weight excluding hydrogens is 476 g/mol. The van der Waals surface area contributed by atoms with Gasteiger partial charge in [-0.3, -0.25) is 4.79 Å². The van der Waals surface area contributed by atoms with Gasteiger partial charge in [-0.05, 0) is 72.6 Å². The van der Waals surface area contributed by atoms with Crippen molar-refractivity contribution in [2.24, 2.45) is 0 Å². The lowest BCUT2D eigenvalue weighted by atomic mass is 10.1. The third-order valence-corrected chi connectivity index (χ3v) is 5.32. The number of nitrogens with zero attached hydrogens (tertiary/aromatic N) is 4. The average molecular weight is 513 g/mol. The number of aryl methyl sites for hydroxylation is 2. The van der Waals surface area contributed by atoms with E-state index in [1.165, 1.54) is 0 Å². The molecule has 0 saturated carbocycles. The number of benzene rings is 1. The summed E-state index contributed by atoms with van der Waals surface area (Å²) in [6.07, 6.45) is 0.159.